The van der Waals surface area contributed by atoms with Gasteiger partial charge in [-0.1, -0.05) is 19.1 Å². The molecule has 26 heavy (non-hydrogen) atoms. The molecule has 0 bridgehead atoms. The van der Waals surface area contributed by atoms with E-state index in [4.69, 9.17) is 19.6 Å². The van der Waals surface area contributed by atoms with Gasteiger partial charge in [0.25, 0.3) is 5.91 Å². The van der Waals surface area contributed by atoms with Gasteiger partial charge < -0.3 is 24.5 Å². The third-order valence-electron chi connectivity index (χ3n) is 4.82. The maximum absolute atomic E-state index is 12.8. The molecule has 1 fully saturated rings. The SMILES string of the molecule is COc1ccccc1OCc1ccc(C(=O)N2CCC(C)CC2CN)o1. The number of ether oxygens (including phenoxy) is 2. The van der Waals surface area contributed by atoms with Crippen LogP contribution in [0.4, 0.5) is 0 Å². The average Bonchev–Trinajstić information content (AvgIpc) is 3.15. The number of piperidine rings is 1. The molecule has 3 rings (SSSR count). The van der Waals surface area contributed by atoms with Crippen molar-refractivity contribution < 1.29 is 18.7 Å². The molecule has 0 saturated carbocycles. The second-order valence-electron chi connectivity index (χ2n) is 6.72. The molecule has 1 saturated heterocycles. The number of furan rings is 1. The number of hydrogen-bond donors (Lipinski definition) is 1. The molecule has 1 amide bonds. The first-order valence-corrected chi connectivity index (χ1v) is 8.98. The van der Waals surface area contributed by atoms with Gasteiger partial charge in [0.05, 0.1) is 7.11 Å². The predicted octanol–water partition coefficient (Wildman–Crippen LogP) is 3.07. The van der Waals surface area contributed by atoms with Gasteiger partial charge in [0.2, 0.25) is 0 Å². The summed E-state index contributed by atoms with van der Waals surface area (Å²) in [4.78, 5) is 14.6. The van der Waals surface area contributed by atoms with Gasteiger partial charge in [-0.15, -0.1) is 0 Å². The second kappa shape index (κ2) is 8.27. The van der Waals surface area contributed by atoms with E-state index in [0.717, 1.165) is 19.4 Å². The monoisotopic (exact) mass is 358 g/mol. The highest BCUT2D eigenvalue weighted by molar-refractivity contribution is 5.91. The molecule has 2 atom stereocenters. The molecule has 1 aromatic carbocycles. The Morgan fingerprint density at radius 3 is 2.77 bits per heavy atom. The zero-order valence-electron chi connectivity index (χ0n) is 15.3. The van der Waals surface area contributed by atoms with Crippen molar-refractivity contribution in [2.75, 3.05) is 20.2 Å². The molecule has 2 unspecified atom stereocenters. The molecule has 140 valence electrons. The first kappa shape index (κ1) is 18.3. The fraction of sp³-hybridized carbons (Fsp3) is 0.450. The quantitative estimate of drug-likeness (QED) is 0.859. The van der Waals surface area contributed by atoms with Gasteiger partial charge in [0, 0.05) is 19.1 Å². The van der Waals surface area contributed by atoms with E-state index in [-0.39, 0.29) is 18.6 Å². The fourth-order valence-electron chi connectivity index (χ4n) is 3.34. The Balaban J connectivity index is 1.64. The second-order valence-corrected chi connectivity index (χ2v) is 6.72. The van der Waals surface area contributed by atoms with Crippen molar-refractivity contribution >= 4 is 5.91 Å². The van der Waals surface area contributed by atoms with Crippen molar-refractivity contribution in [3.63, 3.8) is 0 Å². The number of nitrogens with two attached hydrogens (primary N) is 1. The molecule has 6 heteroatoms. The maximum atomic E-state index is 12.8. The number of carbonyl (C=O) groups excluding carboxylic acids is 1. The highest BCUT2D eigenvalue weighted by Gasteiger charge is 2.31. The fourth-order valence-corrected chi connectivity index (χ4v) is 3.34. The number of para-hydroxylation sites is 2. The molecular weight excluding hydrogens is 332 g/mol. The molecule has 1 aliphatic rings. The van der Waals surface area contributed by atoms with Gasteiger partial charge in [0.15, 0.2) is 17.3 Å². The van der Waals surface area contributed by atoms with Crippen LogP contribution in [0.5, 0.6) is 11.5 Å². The van der Waals surface area contributed by atoms with E-state index in [9.17, 15) is 4.79 Å². The lowest BCUT2D eigenvalue weighted by Gasteiger charge is -2.37. The van der Waals surface area contributed by atoms with E-state index >= 15 is 0 Å². The zero-order chi connectivity index (χ0) is 18.5. The zero-order valence-corrected chi connectivity index (χ0v) is 15.3. The number of amides is 1. The van der Waals surface area contributed by atoms with Gasteiger partial charge in [-0.3, -0.25) is 4.79 Å². The van der Waals surface area contributed by atoms with Crippen LogP contribution in [0.25, 0.3) is 0 Å². The Bertz CT molecular complexity index is 743. The van der Waals surface area contributed by atoms with Gasteiger partial charge in [-0.2, -0.15) is 0 Å². The Kier molecular flexibility index (Phi) is 5.83. The van der Waals surface area contributed by atoms with Crippen LogP contribution in [0.1, 0.15) is 36.1 Å². The van der Waals surface area contributed by atoms with Crippen molar-refractivity contribution in [3.8, 4) is 11.5 Å². The molecule has 1 aliphatic heterocycles. The third-order valence-corrected chi connectivity index (χ3v) is 4.82. The van der Waals surface area contributed by atoms with Crippen molar-refractivity contribution in [1.82, 2.24) is 4.90 Å². The minimum Gasteiger partial charge on any atom is -0.493 e. The first-order chi connectivity index (χ1) is 12.6. The summed E-state index contributed by atoms with van der Waals surface area (Å²) < 4.78 is 16.7. The normalized spacial score (nSPS) is 20.0. The Labute approximate surface area is 153 Å². The standard InChI is InChI=1S/C20H26N2O4/c1-14-9-10-22(15(11-14)12-21)20(23)19-8-7-16(26-19)13-25-18-6-4-3-5-17(18)24-2/h3-8,14-15H,9-13,21H2,1-2H3. The molecular formula is C20H26N2O4. The summed E-state index contributed by atoms with van der Waals surface area (Å²) in [5.74, 6) is 2.70. The van der Waals surface area contributed by atoms with E-state index < -0.39 is 0 Å². The van der Waals surface area contributed by atoms with Gasteiger partial charge in [-0.25, -0.2) is 0 Å². The maximum Gasteiger partial charge on any atom is 0.289 e. The summed E-state index contributed by atoms with van der Waals surface area (Å²) in [6.07, 6.45) is 1.93. The van der Waals surface area contributed by atoms with Crippen LogP contribution in [0.15, 0.2) is 40.8 Å². The molecule has 0 aliphatic carbocycles. The van der Waals surface area contributed by atoms with Gasteiger partial charge in [-0.05, 0) is 43.0 Å². The smallest absolute Gasteiger partial charge is 0.289 e. The summed E-state index contributed by atoms with van der Waals surface area (Å²) in [5, 5.41) is 0. The summed E-state index contributed by atoms with van der Waals surface area (Å²) >= 11 is 0. The van der Waals surface area contributed by atoms with Gasteiger partial charge >= 0.3 is 0 Å². The Hall–Kier alpha value is -2.47. The largest absolute Gasteiger partial charge is 0.493 e. The predicted molar refractivity (Wildman–Crippen MR) is 98.3 cm³/mol. The molecule has 2 aromatic rings. The number of methoxy groups -OCH3 is 1. The lowest BCUT2D eigenvalue weighted by molar-refractivity contribution is 0.0538. The number of benzene rings is 1. The highest BCUT2D eigenvalue weighted by atomic mass is 16.5. The molecule has 0 radical (unpaired) electrons. The minimum atomic E-state index is -0.101. The average molecular weight is 358 g/mol. The van der Waals surface area contributed by atoms with Crippen molar-refractivity contribution in [2.24, 2.45) is 11.7 Å². The van der Waals surface area contributed by atoms with E-state index in [1.165, 1.54) is 0 Å². The summed E-state index contributed by atoms with van der Waals surface area (Å²) in [6, 6.07) is 11.0. The molecule has 0 spiro atoms. The summed E-state index contributed by atoms with van der Waals surface area (Å²) in [5.41, 5.74) is 5.86. The summed E-state index contributed by atoms with van der Waals surface area (Å²) in [6.45, 7) is 3.62. The van der Waals surface area contributed by atoms with E-state index in [0.29, 0.717) is 35.5 Å². The van der Waals surface area contributed by atoms with E-state index in [2.05, 4.69) is 6.92 Å². The van der Waals surface area contributed by atoms with Crippen molar-refractivity contribution in [2.45, 2.75) is 32.4 Å². The minimum absolute atomic E-state index is 0.0737. The van der Waals surface area contributed by atoms with Crippen molar-refractivity contribution in [3.05, 3.63) is 47.9 Å². The van der Waals surface area contributed by atoms with Crippen LogP contribution in [-0.4, -0.2) is 37.0 Å². The molecule has 2 heterocycles. The third kappa shape index (κ3) is 4.02. The lowest BCUT2D eigenvalue weighted by atomic mass is 9.92. The molecule has 2 N–H and O–H groups in total. The highest BCUT2D eigenvalue weighted by Crippen LogP contribution is 2.27. The molecule has 6 nitrogen and oxygen atoms in total. The summed E-state index contributed by atoms with van der Waals surface area (Å²) in [7, 11) is 1.60. The molecule has 1 aromatic heterocycles. The number of rotatable bonds is 6. The van der Waals surface area contributed by atoms with Crippen molar-refractivity contribution in [1.29, 1.82) is 0 Å². The van der Waals surface area contributed by atoms with Crippen LogP contribution in [-0.2, 0) is 6.61 Å². The van der Waals surface area contributed by atoms with Crippen LogP contribution in [0.3, 0.4) is 0 Å². The Morgan fingerprint density at radius 1 is 1.27 bits per heavy atom. The number of hydrogen-bond acceptors (Lipinski definition) is 5. The lowest BCUT2D eigenvalue weighted by Crippen LogP contribution is -2.49. The van der Waals surface area contributed by atoms with E-state index in [1.54, 1.807) is 19.2 Å². The first-order valence-electron chi connectivity index (χ1n) is 8.98. The number of nitrogens with zero attached hydrogens (tertiary/aromatic N) is 1. The van der Waals surface area contributed by atoms with Crippen LogP contribution < -0.4 is 15.2 Å². The Morgan fingerprint density at radius 2 is 2.04 bits per heavy atom. The van der Waals surface area contributed by atoms with E-state index in [1.807, 2.05) is 29.2 Å². The van der Waals surface area contributed by atoms with Crippen LogP contribution in [0, 0.1) is 5.92 Å². The van der Waals surface area contributed by atoms with Crippen LogP contribution in [0.2, 0.25) is 0 Å². The van der Waals surface area contributed by atoms with Gasteiger partial charge in [0.1, 0.15) is 12.4 Å². The number of likely N-dealkylation sites (tertiary alicyclic amines) is 1. The van der Waals surface area contributed by atoms with Crippen LogP contribution >= 0.6 is 0 Å². The number of carbonyl (C=O) groups is 1. The topological polar surface area (TPSA) is 77.9 Å².